The Morgan fingerprint density at radius 1 is 1.06 bits per heavy atom. The van der Waals surface area contributed by atoms with Gasteiger partial charge in [-0.2, -0.15) is 5.26 Å². The lowest BCUT2D eigenvalue weighted by molar-refractivity contribution is -0.115. The summed E-state index contributed by atoms with van der Waals surface area (Å²) in [7, 11) is 0. The molecular formula is C25H25N3O2S2. The summed E-state index contributed by atoms with van der Waals surface area (Å²) >= 11 is 2.62. The highest BCUT2D eigenvalue weighted by molar-refractivity contribution is 8.00. The summed E-state index contributed by atoms with van der Waals surface area (Å²) < 4.78 is 0. The van der Waals surface area contributed by atoms with E-state index >= 15 is 0 Å². The van der Waals surface area contributed by atoms with Crippen molar-refractivity contribution in [1.82, 2.24) is 4.90 Å². The lowest BCUT2D eigenvalue weighted by atomic mass is 10.1. The van der Waals surface area contributed by atoms with E-state index in [-0.39, 0.29) is 11.8 Å². The van der Waals surface area contributed by atoms with Gasteiger partial charge in [-0.1, -0.05) is 48.5 Å². The van der Waals surface area contributed by atoms with Gasteiger partial charge in [0.25, 0.3) is 5.91 Å². The van der Waals surface area contributed by atoms with E-state index in [0.29, 0.717) is 34.1 Å². The number of carbonyl (C=O) groups is 2. The molecule has 0 radical (unpaired) electrons. The Labute approximate surface area is 197 Å². The normalized spacial score (nSPS) is 11.4. The smallest absolute Gasteiger partial charge is 0.264 e. The Morgan fingerprint density at radius 2 is 1.66 bits per heavy atom. The standard InChI is InChI=1S/C25H25N3O2S2/c1-4-28(5-2)25(30)21-17(3)20(16-26)24(32-21)27-23(29)22(18-12-8-6-9-13-18)31-19-14-10-7-11-15-19/h6-15,22H,4-5H2,1-3H3,(H,27,29). The predicted molar refractivity (Wildman–Crippen MR) is 131 cm³/mol. The summed E-state index contributed by atoms with van der Waals surface area (Å²) in [5, 5.41) is 12.6. The highest BCUT2D eigenvalue weighted by Crippen LogP contribution is 2.38. The van der Waals surface area contributed by atoms with Crippen LogP contribution in [0.2, 0.25) is 0 Å². The SMILES string of the molecule is CCN(CC)C(=O)c1sc(NC(=O)C(Sc2ccccc2)c2ccccc2)c(C#N)c1C. The van der Waals surface area contributed by atoms with Crippen molar-refractivity contribution in [2.24, 2.45) is 0 Å². The number of thiophene rings is 1. The van der Waals surface area contributed by atoms with Gasteiger partial charge in [-0.3, -0.25) is 9.59 Å². The summed E-state index contributed by atoms with van der Waals surface area (Å²) in [6.45, 7) is 6.77. The first kappa shape index (κ1) is 23.6. The summed E-state index contributed by atoms with van der Waals surface area (Å²) in [6, 6.07) is 21.4. The second-order valence-corrected chi connectivity index (χ2v) is 9.26. The third kappa shape index (κ3) is 5.21. The minimum atomic E-state index is -0.505. The van der Waals surface area contributed by atoms with Crippen molar-refractivity contribution in [1.29, 1.82) is 5.26 Å². The van der Waals surface area contributed by atoms with Gasteiger partial charge >= 0.3 is 0 Å². The summed E-state index contributed by atoms with van der Waals surface area (Å²) in [6.07, 6.45) is 0. The van der Waals surface area contributed by atoms with Crippen molar-refractivity contribution in [2.75, 3.05) is 18.4 Å². The molecule has 0 aliphatic heterocycles. The van der Waals surface area contributed by atoms with E-state index in [0.717, 1.165) is 10.5 Å². The van der Waals surface area contributed by atoms with Crippen LogP contribution in [0.4, 0.5) is 5.00 Å². The van der Waals surface area contributed by atoms with E-state index in [1.807, 2.05) is 74.5 Å². The van der Waals surface area contributed by atoms with Crippen LogP contribution in [0.25, 0.3) is 0 Å². The van der Waals surface area contributed by atoms with E-state index in [4.69, 9.17) is 0 Å². The molecule has 7 heteroatoms. The largest absolute Gasteiger partial charge is 0.338 e. The summed E-state index contributed by atoms with van der Waals surface area (Å²) in [5.74, 6) is -0.350. The van der Waals surface area contributed by atoms with Gasteiger partial charge in [-0.05, 0) is 44.0 Å². The van der Waals surface area contributed by atoms with E-state index in [1.165, 1.54) is 23.1 Å². The molecule has 1 aromatic heterocycles. The maximum atomic E-state index is 13.4. The Hall–Kier alpha value is -3.08. The molecule has 5 nitrogen and oxygen atoms in total. The maximum absolute atomic E-state index is 13.4. The van der Waals surface area contributed by atoms with Crippen LogP contribution in [0.5, 0.6) is 0 Å². The van der Waals surface area contributed by atoms with Crippen molar-refractivity contribution in [2.45, 2.75) is 30.9 Å². The second-order valence-electron chi connectivity index (χ2n) is 7.06. The van der Waals surface area contributed by atoms with E-state index in [9.17, 15) is 14.9 Å². The number of anilines is 1. The van der Waals surface area contributed by atoms with Crippen LogP contribution < -0.4 is 5.32 Å². The minimum Gasteiger partial charge on any atom is -0.338 e. The van der Waals surface area contributed by atoms with Crippen molar-refractivity contribution in [3.05, 3.63) is 82.2 Å². The van der Waals surface area contributed by atoms with Crippen LogP contribution in [-0.2, 0) is 4.79 Å². The predicted octanol–water partition coefficient (Wildman–Crippen LogP) is 5.88. The molecule has 0 aliphatic carbocycles. The van der Waals surface area contributed by atoms with Crippen LogP contribution in [-0.4, -0.2) is 29.8 Å². The molecule has 2 amide bonds. The molecule has 1 N–H and O–H groups in total. The lowest BCUT2D eigenvalue weighted by Crippen LogP contribution is -2.30. The van der Waals surface area contributed by atoms with Gasteiger partial charge in [0, 0.05) is 18.0 Å². The zero-order valence-corrected chi connectivity index (χ0v) is 19.9. The van der Waals surface area contributed by atoms with Gasteiger partial charge in [0.2, 0.25) is 5.91 Å². The summed E-state index contributed by atoms with van der Waals surface area (Å²) in [5.41, 5.74) is 1.82. The molecule has 0 saturated heterocycles. The molecule has 0 bridgehead atoms. The van der Waals surface area contributed by atoms with Crippen molar-refractivity contribution < 1.29 is 9.59 Å². The summed E-state index contributed by atoms with van der Waals surface area (Å²) in [4.78, 5) is 29.5. The quantitative estimate of drug-likeness (QED) is 0.423. The van der Waals surface area contributed by atoms with Crippen LogP contribution in [0.3, 0.4) is 0 Å². The van der Waals surface area contributed by atoms with E-state index in [1.54, 1.807) is 11.8 Å². The molecule has 1 heterocycles. The van der Waals surface area contributed by atoms with E-state index in [2.05, 4.69) is 11.4 Å². The van der Waals surface area contributed by atoms with Gasteiger partial charge in [-0.15, -0.1) is 23.1 Å². The number of thioether (sulfide) groups is 1. The van der Waals surface area contributed by atoms with Crippen molar-refractivity contribution in [3.8, 4) is 6.07 Å². The Bertz CT molecular complexity index is 1120. The number of rotatable bonds is 8. The molecule has 1 atom stereocenters. The molecular weight excluding hydrogens is 438 g/mol. The Morgan fingerprint density at radius 3 is 2.22 bits per heavy atom. The van der Waals surface area contributed by atoms with E-state index < -0.39 is 5.25 Å². The molecule has 2 aromatic carbocycles. The minimum absolute atomic E-state index is 0.118. The van der Waals surface area contributed by atoms with Crippen molar-refractivity contribution >= 4 is 39.9 Å². The highest BCUT2D eigenvalue weighted by atomic mass is 32.2. The Kier molecular flexibility index (Phi) is 8.09. The fourth-order valence-corrected chi connectivity index (χ4v) is 5.48. The first-order valence-corrected chi connectivity index (χ1v) is 12.1. The number of nitriles is 1. The first-order valence-electron chi connectivity index (χ1n) is 10.4. The van der Waals surface area contributed by atoms with Crippen molar-refractivity contribution in [3.63, 3.8) is 0 Å². The van der Waals surface area contributed by atoms with Crippen LogP contribution in [0.1, 0.15) is 45.5 Å². The number of hydrogen-bond acceptors (Lipinski definition) is 5. The topological polar surface area (TPSA) is 73.2 Å². The van der Waals surface area contributed by atoms with Gasteiger partial charge in [0.05, 0.1) is 10.4 Å². The van der Waals surface area contributed by atoms with Gasteiger partial charge < -0.3 is 10.2 Å². The monoisotopic (exact) mass is 463 g/mol. The average Bonchev–Trinajstić information content (AvgIpc) is 3.14. The average molecular weight is 464 g/mol. The molecule has 3 aromatic rings. The zero-order valence-electron chi connectivity index (χ0n) is 18.3. The fraction of sp³-hybridized carbons (Fsp3) is 0.240. The number of carbonyl (C=O) groups excluding carboxylic acids is 2. The molecule has 32 heavy (non-hydrogen) atoms. The zero-order chi connectivity index (χ0) is 23.1. The third-order valence-electron chi connectivity index (χ3n) is 5.08. The second kappa shape index (κ2) is 11.0. The Balaban J connectivity index is 1.93. The molecule has 0 fully saturated rings. The number of benzene rings is 2. The number of nitrogens with zero attached hydrogens (tertiary/aromatic N) is 2. The molecule has 0 saturated carbocycles. The number of hydrogen-bond donors (Lipinski definition) is 1. The molecule has 0 spiro atoms. The van der Waals surface area contributed by atoms with Crippen LogP contribution in [0.15, 0.2) is 65.6 Å². The highest BCUT2D eigenvalue weighted by Gasteiger charge is 2.27. The molecule has 3 rings (SSSR count). The first-order chi connectivity index (χ1) is 15.5. The number of amides is 2. The lowest BCUT2D eigenvalue weighted by Gasteiger charge is -2.18. The van der Waals surface area contributed by atoms with Crippen LogP contribution in [0, 0.1) is 18.3 Å². The van der Waals surface area contributed by atoms with Gasteiger partial charge in [-0.25, -0.2) is 0 Å². The maximum Gasteiger partial charge on any atom is 0.264 e. The molecule has 1 unspecified atom stereocenters. The molecule has 0 aliphatic rings. The third-order valence-corrected chi connectivity index (χ3v) is 7.54. The van der Waals surface area contributed by atoms with Crippen LogP contribution >= 0.6 is 23.1 Å². The number of nitrogens with one attached hydrogen (secondary N) is 1. The molecule has 164 valence electrons. The fourth-order valence-electron chi connectivity index (χ4n) is 3.31. The van der Waals surface area contributed by atoms with Gasteiger partial charge in [0.15, 0.2) is 0 Å². The van der Waals surface area contributed by atoms with Gasteiger partial charge in [0.1, 0.15) is 16.3 Å².